The molecular formula is C22H27N3O3. The molecule has 3 rings (SSSR count). The molecule has 0 saturated heterocycles. The predicted octanol–water partition coefficient (Wildman–Crippen LogP) is 4.10. The summed E-state index contributed by atoms with van der Waals surface area (Å²) in [6.07, 6.45) is 0. The standard InChI is InChI=1S/C22H27N3O3/c1-15(21-13-16-9-5-7-11-19(16)28-21)24-22(26)23-14-18(25(2)3)17-10-6-8-12-20(17)27-4/h5-13,15,18H,14H2,1-4H3,(H2,23,24,26). The second-order valence-electron chi connectivity index (χ2n) is 6.98. The van der Waals surface area contributed by atoms with Crippen molar-refractivity contribution in [2.75, 3.05) is 27.7 Å². The number of methoxy groups -OCH3 is 1. The fourth-order valence-corrected chi connectivity index (χ4v) is 3.24. The van der Waals surface area contributed by atoms with Gasteiger partial charge in [0.15, 0.2) is 0 Å². The quantitative estimate of drug-likeness (QED) is 0.646. The van der Waals surface area contributed by atoms with E-state index >= 15 is 0 Å². The number of hydrogen-bond donors (Lipinski definition) is 2. The molecule has 2 N–H and O–H groups in total. The van der Waals surface area contributed by atoms with Gasteiger partial charge in [0.2, 0.25) is 0 Å². The van der Waals surface area contributed by atoms with E-state index in [4.69, 9.17) is 9.15 Å². The van der Waals surface area contributed by atoms with E-state index in [0.29, 0.717) is 6.54 Å². The smallest absolute Gasteiger partial charge is 0.315 e. The Labute approximate surface area is 165 Å². The van der Waals surface area contributed by atoms with Crippen LogP contribution < -0.4 is 15.4 Å². The Morgan fingerprint density at radius 3 is 2.57 bits per heavy atom. The lowest BCUT2D eigenvalue weighted by Gasteiger charge is -2.26. The third kappa shape index (κ3) is 4.46. The van der Waals surface area contributed by atoms with E-state index in [1.54, 1.807) is 7.11 Å². The minimum absolute atomic E-state index is 0.0107. The summed E-state index contributed by atoms with van der Waals surface area (Å²) in [5.41, 5.74) is 1.84. The molecule has 3 aromatic rings. The zero-order valence-corrected chi connectivity index (χ0v) is 16.7. The van der Waals surface area contributed by atoms with Crippen molar-refractivity contribution in [1.29, 1.82) is 0 Å². The van der Waals surface area contributed by atoms with Crippen LogP contribution in [0.1, 0.15) is 30.3 Å². The van der Waals surface area contributed by atoms with E-state index < -0.39 is 0 Å². The molecule has 0 spiro atoms. The molecule has 1 heterocycles. The maximum atomic E-state index is 12.4. The first-order valence-electron chi connectivity index (χ1n) is 9.31. The highest BCUT2D eigenvalue weighted by atomic mass is 16.5. The molecule has 0 aliphatic carbocycles. The maximum absolute atomic E-state index is 12.4. The van der Waals surface area contributed by atoms with Crippen LogP contribution in [0.3, 0.4) is 0 Å². The van der Waals surface area contributed by atoms with E-state index in [9.17, 15) is 4.79 Å². The van der Waals surface area contributed by atoms with Crippen molar-refractivity contribution in [2.24, 2.45) is 0 Å². The van der Waals surface area contributed by atoms with Gasteiger partial charge >= 0.3 is 6.03 Å². The molecular weight excluding hydrogens is 354 g/mol. The monoisotopic (exact) mass is 381 g/mol. The number of urea groups is 1. The van der Waals surface area contributed by atoms with Crippen molar-refractivity contribution in [1.82, 2.24) is 15.5 Å². The van der Waals surface area contributed by atoms with Crippen molar-refractivity contribution >= 4 is 17.0 Å². The largest absolute Gasteiger partial charge is 0.496 e. The molecule has 28 heavy (non-hydrogen) atoms. The van der Waals surface area contributed by atoms with E-state index in [1.165, 1.54) is 0 Å². The lowest BCUT2D eigenvalue weighted by atomic mass is 10.0. The van der Waals surface area contributed by atoms with Crippen LogP contribution in [0.2, 0.25) is 0 Å². The number of hydrogen-bond acceptors (Lipinski definition) is 4. The Morgan fingerprint density at radius 2 is 1.86 bits per heavy atom. The van der Waals surface area contributed by atoms with Gasteiger partial charge in [-0.2, -0.15) is 0 Å². The number of carbonyl (C=O) groups excluding carboxylic acids is 1. The average molecular weight is 381 g/mol. The number of ether oxygens (including phenoxy) is 1. The number of amides is 2. The molecule has 0 aliphatic heterocycles. The highest BCUT2D eigenvalue weighted by Crippen LogP contribution is 2.27. The topological polar surface area (TPSA) is 66.7 Å². The Balaban J connectivity index is 1.63. The van der Waals surface area contributed by atoms with Crippen LogP contribution in [0, 0.1) is 0 Å². The zero-order valence-electron chi connectivity index (χ0n) is 16.7. The van der Waals surface area contributed by atoms with E-state index in [1.807, 2.05) is 75.6 Å². The van der Waals surface area contributed by atoms with Crippen molar-refractivity contribution in [2.45, 2.75) is 19.0 Å². The van der Waals surface area contributed by atoms with Crippen LogP contribution in [-0.2, 0) is 0 Å². The summed E-state index contributed by atoms with van der Waals surface area (Å²) in [4.78, 5) is 14.5. The molecule has 0 fully saturated rings. The Bertz CT molecular complexity index is 902. The van der Waals surface area contributed by atoms with Gasteiger partial charge in [-0.25, -0.2) is 4.79 Å². The zero-order chi connectivity index (χ0) is 20.1. The molecule has 6 nitrogen and oxygen atoms in total. The summed E-state index contributed by atoms with van der Waals surface area (Å²) < 4.78 is 11.3. The van der Waals surface area contributed by atoms with Gasteiger partial charge in [-0.3, -0.25) is 0 Å². The van der Waals surface area contributed by atoms with Gasteiger partial charge < -0.3 is 24.7 Å². The third-order valence-corrected chi connectivity index (χ3v) is 4.80. The molecule has 6 heteroatoms. The molecule has 0 radical (unpaired) electrons. The first kappa shape index (κ1) is 19.8. The van der Waals surface area contributed by atoms with Gasteiger partial charge in [0.05, 0.1) is 19.2 Å². The molecule has 0 bridgehead atoms. The third-order valence-electron chi connectivity index (χ3n) is 4.80. The van der Waals surface area contributed by atoms with Crippen molar-refractivity contribution in [3.05, 3.63) is 65.9 Å². The molecule has 1 aromatic heterocycles. The van der Waals surface area contributed by atoms with Gasteiger partial charge in [0.1, 0.15) is 17.1 Å². The van der Waals surface area contributed by atoms with E-state index in [0.717, 1.165) is 28.0 Å². The van der Waals surface area contributed by atoms with Crippen molar-refractivity contribution in [3.63, 3.8) is 0 Å². The normalized spacial score (nSPS) is 13.3. The van der Waals surface area contributed by atoms with Crippen LogP contribution in [0.15, 0.2) is 59.0 Å². The summed E-state index contributed by atoms with van der Waals surface area (Å²) >= 11 is 0. The van der Waals surface area contributed by atoms with Gasteiger partial charge in [-0.1, -0.05) is 36.4 Å². The number of carbonyl (C=O) groups is 1. The van der Waals surface area contributed by atoms with Crippen LogP contribution in [0.25, 0.3) is 11.0 Å². The second kappa shape index (κ2) is 8.80. The van der Waals surface area contributed by atoms with E-state index in [-0.39, 0.29) is 18.1 Å². The van der Waals surface area contributed by atoms with Crippen molar-refractivity contribution in [3.8, 4) is 5.75 Å². The number of rotatable bonds is 7. The molecule has 148 valence electrons. The summed E-state index contributed by atoms with van der Waals surface area (Å²) in [6.45, 7) is 2.35. The summed E-state index contributed by atoms with van der Waals surface area (Å²) in [5.74, 6) is 1.53. The molecule has 2 aromatic carbocycles. The highest BCUT2D eigenvalue weighted by Gasteiger charge is 2.20. The van der Waals surface area contributed by atoms with Gasteiger partial charge in [-0.15, -0.1) is 0 Å². The molecule has 0 aliphatic rings. The second-order valence-corrected chi connectivity index (χ2v) is 6.98. The summed E-state index contributed by atoms with van der Waals surface area (Å²) in [5, 5.41) is 6.92. The number of nitrogens with zero attached hydrogens (tertiary/aromatic N) is 1. The number of fused-ring (bicyclic) bond motifs is 1. The lowest BCUT2D eigenvalue weighted by molar-refractivity contribution is 0.227. The van der Waals surface area contributed by atoms with Gasteiger partial charge in [0.25, 0.3) is 0 Å². The minimum Gasteiger partial charge on any atom is -0.496 e. The van der Waals surface area contributed by atoms with Crippen molar-refractivity contribution < 1.29 is 13.9 Å². The summed E-state index contributed by atoms with van der Waals surface area (Å²) in [7, 11) is 5.61. The number of benzene rings is 2. The summed E-state index contributed by atoms with van der Waals surface area (Å²) in [6, 6.07) is 17.1. The van der Waals surface area contributed by atoms with Crippen LogP contribution in [0.4, 0.5) is 4.79 Å². The highest BCUT2D eigenvalue weighted by molar-refractivity contribution is 5.78. The van der Waals surface area contributed by atoms with Crippen LogP contribution >= 0.6 is 0 Å². The number of para-hydroxylation sites is 2. The Hall–Kier alpha value is -2.99. The number of furan rings is 1. The Kier molecular flexibility index (Phi) is 6.21. The number of nitrogens with one attached hydrogen (secondary N) is 2. The maximum Gasteiger partial charge on any atom is 0.315 e. The average Bonchev–Trinajstić information content (AvgIpc) is 3.12. The fraction of sp³-hybridized carbons (Fsp3) is 0.318. The number of likely N-dealkylation sites (N-methyl/N-ethyl adjacent to an activating group) is 1. The SMILES string of the molecule is COc1ccccc1C(CNC(=O)NC(C)c1cc2ccccc2o1)N(C)C. The fourth-order valence-electron chi connectivity index (χ4n) is 3.24. The minimum atomic E-state index is -0.241. The first-order chi connectivity index (χ1) is 13.5. The van der Waals surface area contributed by atoms with Crippen LogP contribution in [0.5, 0.6) is 5.75 Å². The molecule has 2 unspecified atom stereocenters. The Morgan fingerprint density at radius 1 is 1.14 bits per heavy atom. The van der Waals surface area contributed by atoms with Crippen LogP contribution in [-0.4, -0.2) is 38.7 Å². The molecule has 0 saturated carbocycles. The first-order valence-corrected chi connectivity index (χ1v) is 9.31. The van der Waals surface area contributed by atoms with E-state index in [2.05, 4.69) is 15.5 Å². The lowest BCUT2D eigenvalue weighted by Crippen LogP contribution is -2.41. The molecule has 2 atom stereocenters. The van der Waals surface area contributed by atoms with Gasteiger partial charge in [0, 0.05) is 17.5 Å². The van der Waals surface area contributed by atoms with Gasteiger partial charge in [-0.05, 0) is 39.2 Å². The predicted molar refractivity (Wildman–Crippen MR) is 111 cm³/mol. The molecule has 2 amide bonds.